The molecular weight excluding hydrogens is 246 g/mol. The third kappa shape index (κ3) is 4.69. The van der Waals surface area contributed by atoms with E-state index in [2.05, 4.69) is 34.4 Å². The Balaban J connectivity index is 2.86. The molecule has 2 N–H and O–H groups in total. The summed E-state index contributed by atoms with van der Waals surface area (Å²) in [4.78, 5) is 18.6. The Morgan fingerprint density at radius 1 is 1.26 bits per heavy atom. The van der Waals surface area contributed by atoms with E-state index in [1.54, 1.807) is 0 Å². The zero-order valence-electron chi connectivity index (χ0n) is 11.6. The normalized spacial score (nSPS) is 10.5. The molecule has 0 radical (unpaired) electrons. The van der Waals surface area contributed by atoms with Crippen LogP contribution in [0.5, 0.6) is 0 Å². The maximum absolute atomic E-state index is 11.1. The highest BCUT2D eigenvalue weighted by Gasteiger charge is 2.22. The number of rotatable bonds is 8. The van der Waals surface area contributed by atoms with Gasteiger partial charge in [-0.05, 0) is 18.8 Å². The molecule has 0 bridgehead atoms. The van der Waals surface area contributed by atoms with Gasteiger partial charge in [0.05, 0.1) is 4.92 Å². The molecule has 0 fully saturated rings. The van der Waals surface area contributed by atoms with E-state index >= 15 is 0 Å². The fraction of sp³-hybridized carbons (Fsp3) is 0.667. The van der Waals surface area contributed by atoms with Crippen LogP contribution in [0.2, 0.25) is 0 Å². The first-order valence-electron chi connectivity index (χ1n) is 6.53. The third-order valence-electron chi connectivity index (χ3n) is 2.56. The van der Waals surface area contributed by atoms with Gasteiger partial charge in [-0.1, -0.05) is 20.8 Å². The van der Waals surface area contributed by atoms with Crippen molar-refractivity contribution in [1.82, 2.24) is 9.97 Å². The van der Waals surface area contributed by atoms with Crippen LogP contribution in [0.4, 0.5) is 17.3 Å². The van der Waals surface area contributed by atoms with Gasteiger partial charge in [0.1, 0.15) is 6.33 Å². The molecule has 7 heteroatoms. The van der Waals surface area contributed by atoms with E-state index < -0.39 is 4.92 Å². The molecule has 1 aromatic heterocycles. The standard InChI is InChI=1S/C12H21N5O2/c1-4-6-13-11-10(17(18)19)12(16-8-15-11)14-7-5-9(2)3/h8-9H,4-7H2,1-3H3,(H2,13,14,15,16). The summed E-state index contributed by atoms with van der Waals surface area (Å²) in [7, 11) is 0. The molecule has 1 heterocycles. The van der Waals surface area contributed by atoms with Crippen molar-refractivity contribution in [3.63, 3.8) is 0 Å². The second-order valence-electron chi connectivity index (χ2n) is 4.71. The predicted molar refractivity (Wildman–Crippen MR) is 75.4 cm³/mol. The summed E-state index contributed by atoms with van der Waals surface area (Å²) in [6.45, 7) is 7.49. The van der Waals surface area contributed by atoms with Crippen LogP contribution in [0.3, 0.4) is 0 Å². The largest absolute Gasteiger partial charge is 0.364 e. The maximum atomic E-state index is 11.1. The molecule has 1 rings (SSSR count). The number of hydrogen-bond acceptors (Lipinski definition) is 6. The first-order chi connectivity index (χ1) is 9.06. The summed E-state index contributed by atoms with van der Waals surface area (Å²) < 4.78 is 0. The Labute approximate surface area is 113 Å². The summed E-state index contributed by atoms with van der Waals surface area (Å²) in [6, 6.07) is 0. The van der Waals surface area contributed by atoms with Crippen molar-refractivity contribution in [2.75, 3.05) is 23.7 Å². The topological polar surface area (TPSA) is 93.0 Å². The lowest BCUT2D eigenvalue weighted by Crippen LogP contribution is -2.12. The molecule has 0 aliphatic rings. The Kier molecular flexibility index (Phi) is 5.98. The first kappa shape index (κ1) is 15.1. The quantitative estimate of drug-likeness (QED) is 0.555. The van der Waals surface area contributed by atoms with E-state index in [0.29, 0.717) is 19.0 Å². The summed E-state index contributed by atoms with van der Waals surface area (Å²) in [5.41, 5.74) is -0.0836. The van der Waals surface area contributed by atoms with Gasteiger partial charge >= 0.3 is 5.69 Å². The Bertz CT molecular complexity index is 423. The highest BCUT2D eigenvalue weighted by atomic mass is 16.6. The molecule has 106 valence electrons. The minimum atomic E-state index is -0.449. The van der Waals surface area contributed by atoms with Gasteiger partial charge in [-0.15, -0.1) is 0 Å². The fourth-order valence-corrected chi connectivity index (χ4v) is 1.53. The molecule has 0 aliphatic carbocycles. The molecule has 0 saturated heterocycles. The molecule has 19 heavy (non-hydrogen) atoms. The van der Waals surface area contributed by atoms with Crippen LogP contribution in [-0.2, 0) is 0 Å². The van der Waals surface area contributed by atoms with Crippen molar-refractivity contribution >= 4 is 17.3 Å². The van der Waals surface area contributed by atoms with Gasteiger partial charge in [-0.2, -0.15) is 0 Å². The van der Waals surface area contributed by atoms with Crippen LogP contribution in [0, 0.1) is 16.0 Å². The number of nitrogens with zero attached hydrogens (tertiary/aromatic N) is 3. The molecule has 0 aromatic carbocycles. The van der Waals surface area contributed by atoms with Gasteiger partial charge in [0.15, 0.2) is 0 Å². The second kappa shape index (κ2) is 7.50. The fourth-order valence-electron chi connectivity index (χ4n) is 1.53. The lowest BCUT2D eigenvalue weighted by molar-refractivity contribution is -0.383. The van der Waals surface area contributed by atoms with E-state index in [4.69, 9.17) is 0 Å². The van der Waals surface area contributed by atoms with E-state index in [-0.39, 0.29) is 17.3 Å². The molecule has 0 atom stereocenters. The summed E-state index contributed by atoms with van der Waals surface area (Å²) >= 11 is 0. The van der Waals surface area contributed by atoms with Crippen LogP contribution in [0.25, 0.3) is 0 Å². The molecule has 0 unspecified atom stereocenters. The average Bonchev–Trinajstić information content (AvgIpc) is 2.35. The number of nitrogens with one attached hydrogen (secondary N) is 2. The highest BCUT2D eigenvalue weighted by Crippen LogP contribution is 2.28. The minimum absolute atomic E-state index is 0.0836. The van der Waals surface area contributed by atoms with Crippen molar-refractivity contribution in [1.29, 1.82) is 0 Å². The Morgan fingerprint density at radius 2 is 1.84 bits per heavy atom. The SMILES string of the molecule is CCCNc1ncnc(NCCC(C)C)c1[N+](=O)[O-]. The monoisotopic (exact) mass is 267 g/mol. The smallest absolute Gasteiger partial charge is 0.353 e. The van der Waals surface area contributed by atoms with Crippen LogP contribution >= 0.6 is 0 Å². The Hall–Kier alpha value is -1.92. The van der Waals surface area contributed by atoms with Gasteiger partial charge in [0, 0.05) is 13.1 Å². The lowest BCUT2D eigenvalue weighted by Gasteiger charge is -2.10. The first-order valence-corrected chi connectivity index (χ1v) is 6.53. The highest BCUT2D eigenvalue weighted by molar-refractivity contribution is 5.69. The number of nitro groups is 1. The molecule has 7 nitrogen and oxygen atoms in total. The molecule has 0 aliphatic heterocycles. The van der Waals surface area contributed by atoms with Crippen LogP contribution < -0.4 is 10.6 Å². The van der Waals surface area contributed by atoms with Crippen LogP contribution in [0.1, 0.15) is 33.6 Å². The van der Waals surface area contributed by atoms with Crippen molar-refractivity contribution in [3.05, 3.63) is 16.4 Å². The van der Waals surface area contributed by atoms with Gasteiger partial charge in [-0.25, -0.2) is 9.97 Å². The summed E-state index contributed by atoms with van der Waals surface area (Å²) in [5, 5.41) is 17.1. The zero-order valence-corrected chi connectivity index (χ0v) is 11.6. The number of hydrogen-bond donors (Lipinski definition) is 2. The van der Waals surface area contributed by atoms with E-state index in [0.717, 1.165) is 12.8 Å². The lowest BCUT2D eigenvalue weighted by atomic mass is 10.1. The molecule has 1 aromatic rings. The summed E-state index contributed by atoms with van der Waals surface area (Å²) in [6.07, 6.45) is 3.14. The van der Waals surface area contributed by atoms with Gasteiger partial charge in [0.2, 0.25) is 11.6 Å². The molecule has 0 saturated carbocycles. The Morgan fingerprint density at radius 3 is 2.32 bits per heavy atom. The number of anilines is 2. The van der Waals surface area contributed by atoms with Crippen molar-refractivity contribution < 1.29 is 4.92 Å². The molecule has 0 amide bonds. The average molecular weight is 267 g/mol. The van der Waals surface area contributed by atoms with E-state index in [1.165, 1.54) is 6.33 Å². The van der Waals surface area contributed by atoms with E-state index in [1.807, 2.05) is 6.92 Å². The van der Waals surface area contributed by atoms with Crippen molar-refractivity contribution in [2.45, 2.75) is 33.6 Å². The second-order valence-corrected chi connectivity index (χ2v) is 4.71. The molecule has 0 spiro atoms. The van der Waals surface area contributed by atoms with Crippen molar-refractivity contribution in [2.24, 2.45) is 5.92 Å². The molecular formula is C12H21N5O2. The van der Waals surface area contributed by atoms with Crippen LogP contribution in [0.15, 0.2) is 6.33 Å². The predicted octanol–water partition coefficient (Wildman–Crippen LogP) is 2.66. The summed E-state index contributed by atoms with van der Waals surface area (Å²) in [5.74, 6) is 1.08. The number of aromatic nitrogens is 2. The zero-order chi connectivity index (χ0) is 14.3. The van der Waals surface area contributed by atoms with Gasteiger partial charge in [0.25, 0.3) is 0 Å². The minimum Gasteiger partial charge on any atom is -0.364 e. The maximum Gasteiger partial charge on any atom is 0.353 e. The van der Waals surface area contributed by atoms with E-state index in [9.17, 15) is 10.1 Å². The van der Waals surface area contributed by atoms with Crippen molar-refractivity contribution in [3.8, 4) is 0 Å². The van der Waals surface area contributed by atoms with Gasteiger partial charge in [-0.3, -0.25) is 10.1 Å². The third-order valence-corrected chi connectivity index (χ3v) is 2.56. The van der Waals surface area contributed by atoms with Gasteiger partial charge < -0.3 is 10.6 Å². The van der Waals surface area contributed by atoms with Crippen LogP contribution in [-0.4, -0.2) is 28.0 Å².